The number of nitrogens with zero attached hydrogens (tertiary/aromatic N) is 2. The Balaban J connectivity index is 1.60. The first-order chi connectivity index (χ1) is 12.1. The molecule has 25 heavy (non-hydrogen) atoms. The Labute approximate surface area is 153 Å². The summed E-state index contributed by atoms with van der Waals surface area (Å²) < 4.78 is 13.6. The van der Waals surface area contributed by atoms with Crippen molar-refractivity contribution in [2.24, 2.45) is 0 Å². The van der Waals surface area contributed by atoms with Gasteiger partial charge in [0.2, 0.25) is 0 Å². The minimum atomic E-state index is -0.582. The van der Waals surface area contributed by atoms with Gasteiger partial charge in [0.05, 0.1) is 5.56 Å². The zero-order valence-electron chi connectivity index (χ0n) is 12.9. The first kappa shape index (κ1) is 17.4. The van der Waals surface area contributed by atoms with Crippen LogP contribution in [0.3, 0.4) is 0 Å². The van der Waals surface area contributed by atoms with E-state index in [1.165, 1.54) is 30.0 Å². The van der Waals surface area contributed by atoms with Gasteiger partial charge in [-0.15, -0.1) is 10.2 Å². The molecule has 0 saturated carbocycles. The Morgan fingerprint density at radius 3 is 2.64 bits per heavy atom. The Morgan fingerprint density at radius 2 is 1.92 bits per heavy atom. The number of benzene rings is 2. The molecule has 0 aliphatic heterocycles. The van der Waals surface area contributed by atoms with Crippen LogP contribution in [0.25, 0.3) is 0 Å². The molecule has 7 heteroatoms. The van der Waals surface area contributed by atoms with Gasteiger partial charge in [0.25, 0.3) is 5.91 Å². The lowest BCUT2D eigenvalue weighted by molar-refractivity contribution is 0.102. The molecule has 0 aliphatic rings. The van der Waals surface area contributed by atoms with Crippen molar-refractivity contribution in [1.82, 2.24) is 10.2 Å². The molecule has 0 atom stereocenters. The fourth-order valence-corrected chi connectivity index (χ4v) is 3.05. The third-order valence-electron chi connectivity index (χ3n) is 3.28. The second kappa shape index (κ2) is 8.09. The number of rotatable bonds is 5. The van der Waals surface area contributed by atoms with Gasteiger partial charge in [0, 0.05) is 10.8 Å². The summed E-state index contributed by atoms with van der Waals surface area (Å²) in [6.07, 6.45) is 0. The van der Waals surface area contributed by atoms with Crippen LogP contribution in [-0.2, 0) is 5.75 Å². The summed E-state index contributed by atoms with van der Waals surface area (Å²) >= 11 is 7.46. The van der Waals surface area contributed by atoms with E-state index >= 15 is 0 Å². The van der Waals surface area contributed by atoms with Gasteiger partial charge in [0.15, 0.2) is 5.82 Å². The quantitative estimate of drug-likeness (QED) is 0.652. The SMILES string of the molecule is O=C(Nc1ccc(SCc2cccc(Cl)c2)nn1)c1ccccc1F. The second-order valence-corrected chi connectivity index (χ2v) is 6.54. The van der Waals surface area contributed by atoms with E-state index in [9.17, 15) is 9.18 Å². The summed E-state index contributed by atoms with van der Waals surface area (Å²) in [7, 11) is 0. The molecule has 2 aromatic carbocycles. The van der Waals surface area contributed by atoms with Gasteiger partial charge in [0.1, 0.15) is 10.8 Å². The molecule has 1 N–H and O–H groups in total. The number of halogens is 2. The maximum Gasteiger partial charge on any atom is 0.259 e. The highest BCUT2D eigenvalue weighted by molar-refractivity contribution is 7.98. The molecule has 0 fully saturated rings. The average molecular weight is 374 g/mol. The molecule has 3 rings (SSSR count). The molecule has 0 saturated heterocycles. The Bertz CT molecular complexity index is 889. The van der Waals surface area contributed by atoms with Crippen LogP contribution in [0, 0.1) is 5.82 Å². The van der Waals surface area contributed by atoms with Crippen molar-refractivity contribution in [2.45, 2.75) is 10.8 Å². The summed E-state index contributed by atoms with van der Waals surface area (Å²) in [4.78, 5) is 12.0. The van der Waals surface area contributed by atoms with E-state index in [1.807, 2.05) is 24.3 Å². The number of hydrogen-bond acceptors (Lipinski definition) is 4. The monoisotopic (exact) mass is 373 g/mol. The van der Waals surface area contributed by atoms with Gasteiger partial charge in [-0.2, -0.15) is 0 Å². The lowest BCUT2D eigenvalue weighted by Gasteiger charge is -2.06. The molecule has 0 bridgehead atoms. The van der Waals surface area contributed by atoms with Gasteiger partial charge in [-0.25, -0.2) is 4.39 Å². The van der Waals surface area contributed by atoms with Crippen molar-refractivity contribution in [3.63, 3.8) is 0 Å². The van der Waals surface area contributed by atoms with E-state index in [1.54, 1.807) is 18.2 Å². The number of nitrogens with one attached hydrogen (secondary N) is 1. The Morgan fingerprint density at radius 1 is 1.08 bits per heavy atom. The van der Waals surface area contributed by atoms with E-state index in [0.29, 0.717) is 15.8 Å². The van der Waals surface area contributed by atoms with Gasteiger partial charge >= 0.3 is 0 Å². The zero-order valence-corrected chi connectivity index (χ0v) is 14.5. The van der Waals surface area contributed by atoms with Crippen molar-refractivity contribution in [3.8, 4) is 0 Å². The number of carbonyl (C=O) groups is 1. The van der Waals surface area contributed by atoms with Crippen molar-refractivity contribution in [3.05, 3.63) is 82.6 Å². The molecule has 126 valence electrons. The number of anilines is 1. The molecule has 3 aromatic rings. The van der Waals surface area contributed by atoms with Crippen LogP contribution >= 0.6 is 23.4 Å². The summed E-state index contributed by atoms with van der Waals surface area (Å²) in [5.41, 5.74) is 1.04. The lowest BCUT2D eigenvalue weighted by Crippen LogP contribution is -2.14. The summed E-state index contributed by atoms with van der Waals surface area (Å²) in [5, 5.41) is 11.9. The minimum Gasteiger partial charge on any atom is -0.305 e. The van der Waals surface area contributed by atoms with Crippen LogP contribution in [0.4, 0.5) is 10.2 Å². The molecule has 0 aliphatic carbocycles. The smallest absolute Gasteiger partial charge is 0.259 e. The maximum absolute atomic E-state index is 13.6. The van der Waals surface area contributed by atoms with Crippen LogP contribution < -0.4 is 5.32 Å². The summed E-state index contributed by atoms with van der Waals surface area (Å²) in [5.74, 6) is -0.176. The van der Waals surface area contributed by atoms with Crippen LogP contribution in [0.1, 0.15) is 15.9 Å². The molecule has 1 amide bonds. The number of amides is 1. The topological polar surface area (TPSA) is 54.9 Å². The number of hydrogen-bond donors (Lipinski definition) is 1. The molecule has 1 aromatic heterocycles. The number of thioether (sulfide) groups is 1. The van der Waals surface area contributed by atoms with Crippen molar-refractivity contribution in [2.75, 3.05) is 5.32 Å². The normalized spacial score (nSPS) is 10.5. The molecule has 4 nitrogen and oxygen atoms in total. The zero-order chi connectivity index (χ0) is 17.6. The predicted octanol–water partition coefficient (Wildman–Crippen LogP) is 4.81. The van der Waals surface area contributed by atoms with Crippen LogP contribution in [0.15, 0.2) is 65.7 Å². The highest BCUT2D eigenvalue weighted by atomic mass is 35.5. The molecule has 1 heterocycles. The van der Waals surface area contributed by atoms with E-state index in [-0.39, 0.29) is 11.4 Å². The van der Waals surface area contributed by atoms with Crippen LogP contribution in [-0.4, -0.2) is 16.1 Å². The van der Waals surface area contributed by atoms with E-state index in [0.717, 1.165) is 5.56 Å². The number of carbonyl (C=O) groups excluding carboxylic acids is 1. The van der Waals surface area contributed by atoms with Gasteiger partial charge in [-0.3, -0.25) is 4.79 Å². The fraction of sp³-hybridized carbons (Fsp3) is 0.0556. The van der Waals surface area contributed by atoms with Crippen molar-refractivity contribution < 1.29 is 9.18 Å². The third kappa shape index (κ3) is 4.78. The Hall–Kier alpha value is -2.44. The minimum absolute atomic E-state index is 0.0382. The fourth-order valence-electron chi connectivity index (χ4n) is 2.08. The van der Waals surface area contributed by atoms with Gasteiger partial charge in [-0.05, 0) is 42.0 Å². The Kier molecular flexibility index (Phi) is 5.63. The molecular formula is C18H13ClFN3OS. The van der Waals surface area contributed by atoms with E-state index in [4.69, 9.17) is 11.6 Å². The summed E-state index contributed by atoms with van der Waals surface area (Å²) in [6, 6.07) is 16.7. The molecular weight excluding hydrogens is 361 g/mol. The van der Waals surface area contributed by atoms with Gasteiger partial charge in [-0.1, -0.05) is 47.6 Å². The highest BCUT2D eigenvalue weighted by Gasteiger charge is 2.11. The molecule has 0 radical (unpaired) electrons. The van der Waals surface area contributed by atoms with Crippen LogP contribution in [0.5, 0.6) is 0 Å². The standard InChI is InChI=1S/C18H13ClFN3OS/c19-13-5-3-4-12(10-13)11-25-17-9-8-16(22-23-17)21-18(24)14-6-1-2-7-15(14)20/h1-10H,11H2,(H,21,22,24). The van der Waals surface area contributed by atoms with Crippen molar-refractivity contribution in [1.29, 1.82) is 0 Å². The van der Waals surface area contributed by atoms with Gasteiger partial charge < -0.3 is 5.32 Å². The second-order valence-electron chi connectivity index (χ2n) is 5.11. The van der Waals surface area contributed by atoms with E-state index in [2.05, 4.69) is 15.5 Å². The van der Waals surface area contributed by atoms with Crippen LogP contribution in [0.2, 0.25) is 5.02 Å². The van der Waals surface area contributed by atoms with E-state index < -0.39 is 11.7 Å². The first-order valence-corrected chi connectivity index (χ1v) is 8.75. The maximum atomic E-state index is 13.6. The first-order valence-electron chi connectivity index (χ1n) is 7.39. The average Bonchev–Trinajstić information content (AvgIpc) is 2.61. The molecule has 0 unspecified atom stereocenters. The highest BCUT2D eigenvalue weighted by Crippen LogP contribution is 2.22. The molecule has 0 spiro atoms. The number of aromatic nitrogens is 2. The summed E-state index contributed by atoms with van der Waals surface area (Å²) in [6.45, 7) is 0. The third-order valence-corrected chi connectivity index (χ3v) is 4.50. The largest absolute Gasteiger partial charge is 0.305 e. The lowest BCUT2D eigenvalue weighted by atomic mass is 10.2. The predicted molar refractivity (Wildman–Crippen MR) is 97.4 cm³/mol. The van der Waals surface area contributed by atoms with Crippen molar-refractivity contribution >= 4 is 35.1 Å².